The van der Waals surface area contributed by atoms with E-state index in [1.54, 1.807) is 29.5 Å². The molecular formula is C13H13N2O2S. The van der Waals surface area contributed by atoms with Gasteiger partial charge in [0.05, 0.1) is 12.1 Å². The van der Waals surface area contributed by atoms with Crippen molar-refractivity contribution in [3.05, 3.63) is 46.5 Å². The van der Waals surface area contributed by atoms with Crippen LogP contribution in [0.1, 0.15) is 27.7 Å². The predicted molar refractivity (Wildman–Crippen MR) is 70.4 cm³/mol. The first kappa shape index (κ1) is 12.6. The van der Waals surface area contributed by atoms with E-state index in [0.29, 0.717) is 6.54 Å². The monoisotopic (exact) mass is 261 g/mol. The Hall–Kier alpha value is -1.88. The minimum atomic E-state index is -0.917. The minimum Gasteiger partial charge on any atom is -0.478 e. The van der Waals surface area contributed by atoms with Gasteiger partial charge in [-0.1, -0.05) is 19.1 Å². The molecule has 1 heterocycles. The van der Waals surface area contributed by atoms with Gasteiger partial charge in [0.1, 0.15) is 0 Å². The van der Waals surface area contributed by atoms with Crippen molar-refractivity contribution in [3.8, 4) is 0 Å². The van der Waals surface area contributed by atoms with Gasteiger partial charge >= 0.3 is 5.97 Å². The lowest BCUT2D eigenvalue weighted by atomic mass is 10.1. The van der Waals surface area contributed by atoms with Gasteiger partial charge in [0, 0.05) is 11.1 Å². The molecular weight excluding hydrogens is 248 g/mol. The largest absolute Gasteiger partial charge is 0.478 e. The molecule has 0 saturated heterocycles. The summed E-state index contributed by atoms with van der Waals surface area (Å²) in [5.74, 6) is -0.917. The van der Waals surface area contributed by atoms with Crippen LogP contribution in [0.3, 0.4) is 0 Å². The van der Waals surface area contributed by atoms with Crippen LogP contribution in [0.25, 0.3) is 0 Å². The van der Waals surface area contributed by atoms with Crippen LogP contribution in [0.4, 0.5) is 5.13 Å². The number of carboxylic acids is 1. The van der Waals surface area contributed by atoms with E-state index >= 15 is 0 Å². The lowest BCUT2D eigenvalue weighted by Gasteiger charge is -2.01. The third-order valence-electron chi connectivity index (χ3n) is 2.46. The van der Waals surface area contributed by atoms with Gasteiger partial charge in [-0.05, 0) is 24.1 Å². The molecule has 4 nitrogen and oxygen atoms in total. The summed E-state index contributed by atoms with van der Waals surface area (Å²) in [5.41, 5.74) is 1.17. The van der Waals surface area contributed by atoms with E-state index in [1.807, 2.05) is 12.3 Å². The second-order valence-electron chi connectivity index (χ2n) is 3.78. The number of thiazole rings is 1. The molecule has 18 heavy (non-hydrogen) atoms. The van der Waals surface area contributed by atoms with Crippen molar-refractivity contribution in [2.24, 2.45) is 0 Å². The van der Waals surface area contributed by atoms with E-state index in [-0.39, 0.29) is 5.56 Å². The van der Waals surface area contributed by atoms with Crippen molar-refractivity contribution in [3.63, 3.8) is 0 Å². The maximum absolute atomic E-state index is 10.8. The number of nitrogens with zero attached hydrogens (tertiary/aromatic N) is 2. The first-order chi connectivity index (χ1) is 8.69. The molecule has 0 spiro atoms. The second kappa shape index (κ2) is 5.64. The lowest BCUT2D eigenvalue weighted by Crippen LogP contribution is -2.01. The average Bonchev–Trinajstić information content (AvgIpc) is 2.84. The van der Waals surface area contributed by atoms with Crippen molar-refractivity contribution in [1.82, 2.24) is 10.3 Å². The summed E-state index contributed by atoms with van der Waals surface area (Å²) >= 11 is 1.57. The van der Waals surface area contributed by atoms with Crippen LogP contribution < -0.4 is 5.32 Å². The fourth-order valence-corrected chi connectivity index (χ4v) is 2.21. The van der Waals surface area contributed by atoms with Crippen LogP contribution in [-0.2, 0) is 13.0 Å². The zero-order valence-corrected chi connectivity index (χ0v) is 10.8. The predicted octanol–water partition coefficient (Wildman–Crippen LogP) is 2.84. The molecule has 1 aromatic heterocycles. The number of hydrogen-bond donors (Lipinski definition) is 1. The highest BCUT2D eigenvalue weighted by Gasteiger charge is 2.05. The van der Waals surface area contributed by atoms with E-state index in [9.17, 15) is 4.79 Å². The first-order valence-corrected chi connectivity index (χ1v) is 6.45. The zero-order chi connectivity index (χ0) is 13.0. The number of hydrogen-bond acceptors (Lipinski definition) is 3. The van der Waals surface area contributed by atoms with Crippen LogP contribution in [0, 0.1) is 0 Å². The van der Waals surface area contributed by atoms with Crippen molar-refractivity contribution in [1.29, 1.82) is 0 Å². The molecule has 93 valence electrons. The van der Waals surface area contributed by atoms with Crippen LogP contribution in [0.5, 0.6) is 0 Å². The molecule has 0 unspecified atom stereocenters. The summed E-state index contributed by atoms with van der Waals surface area (Å²) < 4.78 is 0. The van der Waals surface area contributed by atoms with Crippen LogP contribution >= 0.6 is 11.3 Å². The quantitative estimate of drug-likeness (QED) is 0.900. The smallest absolute Gasteiger partial charge is 0.335 e. The minimum absolute atomic E-state index is 0.288. The van der Waals surface area contributed by atoms with E-state index in [0.717, 1.165) is 17.1 Å². The normalized spacial score (nSPS) is 10.3. The Morgan fingerprint density at radius 2 is 2.33 bits per heavy atom. The molecule has 0 aliphatic heterocycles. The summed E-state index contributed by atoms with van der Waals surface area (Å²) in [6.07, 6.45) is 2.79. The molecule has 2 aromatic rings. The van der Waals surface area contributed by atoms with Crippen LogP contribution in [0.2, 0.25) is 0 Å². The van der Waals surface area contributed by atoms with E-state index in [2.05, 4.69) is 17.2 Å². The Balaban J connectivity index is 2.01. The molecule has 0 amide bonds. The third kappa shape index (κ3) is 3.07. The van der Waals surface area contributed by atoms with Gasteiger partial charge in [0.2, 0.25) is 5.13 Å². The molecule has 1 aromatic carbocycles. The summed E-state index contributed by atoms with van der Waals surface area (Å²) in [4.78, 5) is 16.2. The Morgan fingerprint density at radius 1 is 1.50 bits per heavy atom. The number of benzene rings is 1. The Bertz CT molecular complexity index is 551. The first-order valence-electron chi connectivity index (χ1n) is 5.63. The number of aromatic nitrogens is 1. The number of aryl methyl sites for hydroxylation is 1. The Kier molecular flexibility index (Phi) is 3.94. The highest BCUT2D eigenvalue weighted by Crippen LogP contribution is 2.19. The summed E-state index contributed by atoms with van der Waals surface area (Å²) in [7, 11) is 0. The highest BCUT2D eigenvalue weighted by atomic mass is 32.1. The lowest BCUT2D eigenvalue weighted by molar-refractivity contribution is 0.0697. The summed E-state index contributed by atoms with van der Waals surface area (Å²) in [6, 6.07) is 6.81. The van der Waals surface area contributed by atoms with Gasteiger partial charge in [-0.15, -0.1) is 11.3 Å². The van der Waals surface area contributed by atoms with Crippen molar-refractivity contribution in [2.45, 2.75) is 19.9 Å². The number of carboxylic acid groups (broad SMARTS) is 1. The number of aromatic carboxylic acids is 1. The van der Waals surface area contributed by atoms with Gasteiger partial charge in [-0.25, -0.2) is 9.78 Å². The van der Waals surface area contributed by atoms with Crippen molar-refractivity contribution >= 4 is 22.4 Å². The molecule has 2 rings (SSSR count). The standard InChI is InChI=1S/C13H13N2O2S/c1-2-11-8-15-13(18-11)14-7-9-4-3-5-10(6-9)12(16)17/h3-6,8H,2,7H2,1H3,(H,16,17). The van der Waals surface area contributed by atoms with Crippen LogP contribution in [-0.4, -0.2) is 16.1 Å². The van der Waals surface area contributed by atoms with E-state index in [1.165, 1.54) is 4.88 Å². The Morgan fingerprint density at radius 3 is 3.00 bits per heavy atom. The van der Waals surface area contributed by atoms with Crippen molar-refractivity contribution in [2.75, 3.05) is 0 Å². The van der Waals surface area contributed by atoms with E-state index in [4.69, 9.17) is 5.11 Å². The van der Waals surface area contributed by atoms with E-state index < -0.39 is 5.97 Å². The van der Waals surface area contributed by atoms with Gasteiger partial charge in [0.15, 0.2) is 0 Å². The molecule has 5 heteroatoms. The molecule has 1 radical (unpaired) electrons. The second-order valence-corrected chi connectivity index (χ2v) is 4.88. The Labute approximate surface area is 109 Å². The number of rotatable bonds is 5. The van der Waals surface area contributed by atoms with Gasteiger partial charge < -0.3 is 5.11 Å². The molecule has 0 saturated carbocycles. The molecule has 0 aliphatic carbocycles. The topological polar surface area (TPSA) is 64.3 Å². The molecule has 0 bridgehead atoms. The van der Waals surface area contributed by atoms with Crippen molar-refractivity contribution < 1.29 is 9.90 Å². The molecule has 0 aliphatic rings. The van der Waals surface area contributed by atoms with Crippen LogP contribution in [0.15, 0.2) is 30.5 Å². The van der Waals surface area contributed by atoms with Gasteiger partial charge in [0.25, 0.3) is 0 Å². The van der Waals surface area contributed by atoms with Gasteiger partial charge in [-0.3, -0.25) is 5.32 Å². The summed E-state index contributed by atoms with van der Waals surface area (Å²) in [5, 5.41) is 14.0. The fraction of sp³-hybridized carbons (Fsp3) is 0.231. The SMILES string of the molecule is CCc1cnc([N]Cc2cccc(C(=O)O)c2)s1. The third-order valence-corrected chi connectivity index (χ3v) is 3.53. The maximum Gasteiger partial charge on any atom is 0.335 e. The highest BCUT2D eigenvalue weighted by molar-refractivity contribution is 7.15. The molecule has 0 fully saturated rings. The molecule has 0 atom stereocenters. The number of carbonyl (C=O) groups is 1. The van der Waals surface area contributed by atoms with Gasteiger partial charge in [-0.2, -0.15) is 0 Å². The summed E-state index contributed by atoms with van der Waals surface area (Å²) in [6.45, 7) is 2.53. The zero-order valence-electron chi connectivity index (χ0n) is 9.96. The maximum atomic E-state index is 10.8. The molecule has 1 N–H and O–H groups in total. The average molecular weight is 261 g/mol. The fourth-order valence-electron chi connectivity index (χ4n) is 1.50.